The maximum atomic E-state index is 6.22. The topological polar surface area (TPSA) is 21.1 Å². The van der Waals surface area contributed by atoms with Crippen LogP contribution in [0.1, 0.15) is 24.7 Å². The van der Waals surface area contributed by atoms with Crippen molar-refractivity contribution in [2.24, 2.45) is 7.05 Å². The zero-order valence-electron chi connectivity index (χ0n) is 10.1. The Hall–Kier alpha value is -0.250. The van der Waals surface area contributed by atoms with Crippen LogP contribution < -0.4 is 0 Å². The SMILES string of the molecule is CCCN(CCCl)Cc1c(Cl)c(C)nn1C. The van der Waals surface area contributed by atoms with Gasteiger partial charge >= 0.3 is 0 Å². The van der Waals surface area contributed by atoms with E-state index in [1.165, 1.54) is 0 Å². The van der Waals surface area contributed by atoms with E-state index in [4.69, 9.17) is 23.2 Å². The van der Waals surface area contributed by atoms with Gasteiger partial charge in [-0.1, -0.05) is 18.5 Å². The molecule has 0 N–H and O–H groups in total. The Bertz CT molecular complexity index is 330. The van der Waals surface area contributed by atoms with Crippen molar-refractivity contribution < 1.29 is 0 Å². The molecule has 0 saturated heterocycles. The standard InChI is InChI=1S/C11H19Cl2N3/c1-4-6-16(7-5-12)8-10-11(13)9(2)14-15(10)3/h4-8H2,1-3H3. The predicted octanol–water partition coefficient (Wildman–Crippen LogP) is 2.83. The minimum atomic E-state index is 0.647. The molecule has 5 heteroatoms. The largest absolute Gasteiger partial charge is 0.296 e. The van der Waals surface area contributed by atoms with Gasteiger partial charge in [0, 0.05) is 26.0 Å². The number of rotatable bonds is 6. The Balaban J connectivity index is 2.76. The molecule has 0 aliphatic rings. The van der Waals surface area contributed by atoms with Crippen LogP contribution in [0.5, 0.6) is 0 Å². The van der Waals surface area contributed by atoms with E-state index in [0.717, 1.165) is 42.5 Å². The van der Waals surface area contributed by atoms with Crippen molar-refractivity contribution in [2.75, 3.05) is 19.0 Å². The molecule has 0 spiro atoms. The second-order valence-corrected chi connectivity index (χ2v) is 4.69. The van der Waals surface area contributed by atoms with E-state index >= 15 is 0 Å². The van der Waals surface area contributed by atoms with Crippen LogP contribution in [-0.2, 0) is 13.6 Å². The number of hydrogen-bond donors (Lipinski definition) is 0. The van der Waals surface area contributed by atoms with Crippen molar-refractivity contribution in [2.45, 2.75) is 26.8 Å². The van der Waals surface area contributed by atoms with Gasteiger partial charge in [0.25, 0.3) is 0 Å². The molecular weight excluding hydrogens is 245 g/mol. The monoisotopic (exact) mass is 263 g/mol. The van der Waals surface area contributed by atoms with Crippen molar-refractivity contribution >= 4 is 23.2 Å². The summed E-state index contributed by atoms with van der Waals surface area (Å²) >= 11 is 12.0. The molecule has 16 heavy (non-hydrogen) atoms. The van der Waals surface area contributed by atoms with Gasteiger partial charge in [0.1, 0.15) is 0 Å². The summed E-state index contributed by atoms with van der Waals surface area (Å²) in [5, 5.41) is 5.09. The molecule has 3 nitrogen and oxygen atoms in total. The second-order valence-electron chi connectivity index (χ2n) is 3.93. The maximum absolute atomic E-state index is 6.22. The fourth-order valence-corrected chi connectivity index (χ4v) is 2.23. The fourth-order valence-electron chi connectivity index (χ4n) is 1.77. The molecule has 0 atom stereocenters. The molecule has 1 aromatic heterocycles. The molecule has 0 saturated carbocycles. The zero-order valence-corrected chi connectivity index (χ0v) is 11.6. The average molecular weight is 264 g/mol. The van der Waals surface area contributed by atoms with Crippen LogP contribution in [-0.4, -0.2) is 33.6 Å². The number of aromatic nitrogens is 2. The van der Waals surface area contributed by atoms with Gasteiger partial charge < -0.3 is 0 Å². The first kappa shape index (κ1) is 13.8. The van der Waals surface area contributed by atoms with Crippen LogP contribution >= 0.6 is 23.2 Å². The number of nitrogens with zero attached hydrogens (tertiary/aromatic N) is 3. The first-order chi connectivity index (χ1) is 7.60. The van der Waals surface area contributed by atoms with Crippen LogP contribution in [0.2, 0.25) is 5.02 Å². The van der Waals surface area contributed by atoms with E-state index in [0.29, 0.717) is 5.88 Å². The summed E-state index contributed by atoms with van der Waals surface area (Å²) in [4.78, 5) is 2.30. The van der Waals surface area contributed by atoms with E-state index in [9.17, 15) is 0 Å². The lowest BCUT2D eigenvalue weighted by atomic mass is 10.3. The van der Waals surface area contributed by atoms with Crippen LogP contribution in [0, 0.1) is 6.92 Å². The van der Waals surface area contributed by atoms with Gasteiger partial charge in [-0.05, 0) is 19.9 Å². The van der Waals surface area contributed by atoms with E-state index in [2.05, 4.69) is 16.9 Å². The Kier molecular flexibility index (Phi) is 5.59. The van der Waals surface area contributed by atoms with Gasteiger partial charge in [-0.25, -0.2) is 0 Å². The Labute approximate surface area is 107 Å². The van der Waals surface area contributed by atoms with Gasteiger partial charge in [0.05, 0.1) is 16.4 Å². The lowest BCUT2D eigenvalue weighted by Crippen LogP contribution is -2.27. The average Bonchev–Trinajstić information content (AvgIpc) is 2.46. The predicted molar refractivity (Wildman–Crippen MR) is 69.2 cm³/mol. The Morgan fingerprint density at radius 1 is 1.38 bits per heavy atom. The molecule has 0 aliphatic heterocycles. The van der Waals surface area contributed by atoms with Crippen LogP contribution in [0.25, 0.3) is 0 Å². The highest BCUT2D eigenvalue weighted by atomic mass is 35.5. The summed E-state index contributed by atoms with van der Waals surface area (Å²) in [7, 11) is 1.93. The maximum Gasteiger partial charge on any atom is 0.0860 e. The zero-order chi connectivity index (χ0) is 12.1. The molecule has 0 amide bonds. The summed E-state index contributed by atoms with van der Waals surface area (Å²) in [5.41, 5.74) is 1.96. The lowest BCUT2D eigenvalue weighted by Gasteiger charge is -2.20. The molecule has 0 bridgehead atoms. The molecule has 0 fully saturated rings. The minimum Gasteiger partial charge on any atom is -0.296 e. The van der Waals surface area contributed by atoms with Crippen molar-refractivity contribution in [3.63, 3.8) is 0 Å². The molecule has 0 aromatic carbocycles. The van der Waals surface area contributed by atoms with Crippen LogP contribution in [0.3, 0.4) is 0 Å². The summed E-state index contributed by atoms with van der Waals surface area (Å²) < 4.78 is 1.86. The van der Waals surface area contributed by atoms with Gasteiger partial charge in [0.15, 0.2) is 0 Å². The van der Waals surface area contributed by atoms with Gasteiger partial charge in [-0.3, -0.25) is 9.58 Å². The summed E-state index contributed by atoms with van der Waals surface area (Å²) in [5.74, 6) is 0.647. The van der Waals surface area contributed by atoms with Gasteiger partial charge in [-0.2, -0.15) is 5.10 Å². The summed E-state index contributed by atoms with van der Waals surface area (Å²) in [6, 6.07) is 0. The van der Waals surface area contributed by atoms with E-state index < -0.39 is 0 Å². The third kappa shape index (κ3) is 3.37. The lowest BCUT2D eigenvalue weighted by molar-refractivity contribution is 0.275. The quantitative estimate of drug-likeness (QED) is 0.737. The van der Waals surface area contributed by atoms with E-state index in [1.54, 1.807) is 0 Å². The first-order valence-electron chi connectivity index (χ1n) is 5.56. The number of alkyl halides is 1. The summed E-state index contributed by atoms with van der Waals surface area (Å²) in [6.45, 7) is 6.83. The fraction of sp³-hybridized carbons (Fsp3) is 0.727. The van der Waals surface area contributed by atoms with Crippen LogP contribution in [0.4, 0.5) is 0 Å². The molecule has 92 valence electrons. The molecule has 1 aromatic rings. The van der Waals surface area contributed by atoms with Gasteiger partial charge in [0.2, 0.25) is 0 Å². The van der Waals surface area contributed by atoms with Crippen molar-refractivity contribution in [3.05, 3.63) is 16.4 Å². The number of hydrogen-bond acceptors (Lipinski definition) is 2. The highest BCUT2D eigenvalue weighted by molar-refractivity contribution is 6.31. The highest BCUT2D eigenvalue weighted by Gasteiger charge is 2.14. The van der Waals surface area contributed by atoms with Gasteiger partial charge in [-0.15, -0.1) is 11.6 Å². The van der Waals surface area contributed by atoms with Crippen molar-refractivity contribution in [1.29, 1.82) is 0 Å². The second kappa shape index (κ2) is 6.48. The van der Waals surface area contributed by atoms with E-state index in [1.807, 2.05) is 18.7 Å². The normalized spacial score (nSPS) is 11.4. The molecule has 1 heterocycles. The number of halogens is 2. The minimum absolute atomic E-state index is 0.647. The van der Waals surface area contributed by atoms with Crippen LogP contribution in [0.15, 0.2) is 0 Å². The molecule has 0 aliphatic carbocycles. The molecule has 0 unspecified atom stereocenters. The van der Waals surface area contributed by atoms with Crippen molar-refractivity contribution in [3.8, 4) is 0 Å². The third-order valence-corrected chi connectivity index (χ3v) is 3.24. The Morgan fingerprint density at radius 2 is 2.06 bits per heavy atom. The molecule has 1 rings (SSSR count). The smallest absolute Gasteiger partial charge is 0.0860 e. The number of aryl methyl sites for hydroxylation is 2. The molecular formula is C11H19Cl2N3. The first-order valence-corrected chi connectivity index (χ1v) is 6.47. The highest BCUT2D eigenvalue weighted by Crippen LogP contribution is 2.20. The Morgan fingerprint density at radius 3 is 2.50 bits per heavy atom. The third-order valence-electron chi connectivity index (χ3n) is 2.58. The van der Waals surface area contributed by atoms with E-state index in [-0.39, 0.29) is 0 Å². The molecule has 0 radical (unpaired) electrons. The summed E-state index contributed by atoms with van der Waals surface area (Å²) in [6.07, 6.45) is 1.12. The van der Waals surface area contributed by atoms with Crippen molar-refractivity contribution in [1.82, 2.24) is 14.7 Å².